The largest absolute Gasteiger partial charge is 0.493 e. The molecule has 0 heterocycles. The van der Waals surface area contributed by atoms with Crippen LogP contribution in [0.3, 0.4) is 0 Å². The van der Waals surface area contributed by atoms with Gasteiger partial charge in [0.05, 0.1) is 31.6 Å². The highest BCUT2D eigenvalue weighted by Gasteiger charge is 2.31. The SMILES string of the molecule is CCS(=O)(=O)CCNC(=O)[C@H](C)C[C@H](O)[C@H](C[C@H](Cc1ccc(OC)c(OCCCOC)c1)C(C)C)NC(=O)OC(C)(C)C. The van der Waals surface area contributed by atoms with E-state index in [4.69, 9.17) is 18.9 Å². The van der Waals surface area contributed by atoms with Crippen molar-refractivity contribution in [3.8, 4) is 11.5 Å². The van der Waals surface area contributed by atoms with Crippen LogP contribution in [-0.2, 0) is 30.5 Å². The Balaban J connectivity index is 3.10. The van der Waals surface area contributed by atoms with Gasteiger partial charge in [-0.1, -0.05) is 33.8 Å². The number of rotatable bonds is 20. The van der Waals surface area contributed by atoms with Gasteiger partial charge in [-0.15, -0.1) is 0 Å². The van der Waals surface area contributed by atoms with Crippen LogP contribution in [0.15, 0.2) is 18.2 Å². The number of alkyl carbamates (subject to hydrolysis) is 1. The summed E-state index contributed by atoms with van der Waals surface area (Å²) in [7, 11) is 0.0275. The van der Waals surface area contributed by atoms with E-state index in [0.717, 1.165) is 12.0 Å². The predicted molar refractivity (Wildman–Crippen MR) is 172 cm³/mol. The molecule has 0 saturated carbocycles. The summed E-state index contributed by atoms with van der Waals surface area (Å²) < 4.78 is 45.6. The maximum Gasteiger partial charge on any atom is 0.407 e. The second-order valence-electron chi connectivity index (χ2n) is 12.6. The van der Waals surface area contributed by atoms with Crippen LogP contribution in [0, 0.1) is 17.8 Å². The normalized spacial score (nSPS) is 14.8. The molecule has 12 heteroatoms. The number of sulfone groups is 1. The fourth-order valence-electron chi connectivity index (χ4n) is 4.62. The van der Waals surface area contributed by atoms with Gasteiger partial charge in [0.25, 0.3) is 0 Å². The van der Waals surface area contributed by atoms with Gasteiger partial charge in [0.2, 0.25) is 5.91 Å². The van der Waals surface area contributed by atoms with Crippen molar-refractivity contribution >= 4 is 21.8 Å². The first-order valence-corrected chi connectivity index (χ1v) is 17.3. The Hall–Kier alpha value is -2.57. The second kappa shape index (κ2) is 19.1. The highest BCUT2D eigenvalue weighted by molar-refractivity contribution is 7.91. The fourth-order valence-corrected chi connectivity index (χ4v) is 5.32. The molecule has 254 valence electrons. The highest BCUT2D eigenvalue weighted by atomic mass is 32.2. The van der Waals surface area contributed by atoms with Gasteiger partial charge in [-0.2, -0.15) is 0 Å². The van der Waals surface area contributed by atoms with Crippen molar-refractivity contribution in [1.29, 1.82) is 0 Å². The van der Waals surface area contributed by atoms with Crippen molar-refractivity contribution in [2.24, 2.45) is 17.8 Å². The van der Waals surface area contributed by atoms with Gasteiger partial charge in [-0.05, 0) is 69.6 Å². The zero-order valence-corrected chi connectivity index (χ0v) is 28.9. The summed E-state index contributed by atoms with van der Waals surface area (Å²) in [5.41, 5.74) is 0.290. The van der Waals surface area contributed by atoms with E-state index in [2.05, 4.69) is 24.5 Å². The van der Waals surface area contributed by atoms with E-state index < -0.39 is 39.6 Å². The summed E-state index contributed by atoms with van der Waals surface area (Å²) in [5.74, 6) is 0.393. The first-order chi connectivity index (χ1) is 20.5. The number of carbonyl (C=O) groups is 2. The van der Waals surface area contributed by atoms with E-state index in [-0.39, 0.29) is 42.2 Å². The average Bonchev–Trinajstić information content (AvgIpc) is 2.93. The van der Waals surface area contributed by atoms with Gasteiger partial charge in [-0.25, -0.2) is 13.2 Å². The van der Waals surface area contributed by atoms with Gasteiger partial charge in [-0.3, -0.25) is 4.79 Å². The van der Waals surface area contributed by atoms with Crippen molar-refractivity contribution in [2.75, 3.05) is 45.5 Å². The molecule has 0 spiro atoms. The van der Waals surface area contributed by atoms with E-state index in [1.807, 2.05) is 18.2 Å². The molecule has 0 aliphatic rings. The molecule has 0 radical (unpaired) electrons. The van der Waals surface area contributed by atoms with Crippen molar-refractivity contribution in [2.45, 2.75) is 91.9 Å². The molecule has 1 aromatic rings. The van der Waals surface area contributed by atoms with Crippen LogP contribution in [0.25, 0.3) is 0 Å². The average molecular weight is 645 g/mol. The summed E-state index contributed by atoms with van der Waals surface area (Å²) in [6.07, 6.45) is 0.179. The summed E-state index contributed by atoms with van der Waals surface area (Å²) >= 11 is 0. The Bertz CT molecular complexity index is 1120. The van der Waals surface area contributed by atoms with Crippen LogP contribution < -0.4 is 20.1 Å². The maximum atomic E-state index is 12.8. The number of nitrogens with one attached hydrogen (secondary N) is 2. The number of hydrogen-bond acceptors (Lipinski definition) is 9. The summed E-state index contributed by atoms with van der Waals surface area (Å²) in [6, 6.07) is 5.11. The van der Waals surface area contributed by atoms with Gasteiger partial charge in [0.1, 0.15) is 5.60 Å². The Morgan fingerprint density at radius 2 is 1.70 bits per heavy atom. The first-order valence-electron chi connectivity index (χ1n) is 15.5. The molecule has 11 nitrogen and oxygen atoms in total. The lowest BCUT2D eigenvalue weighted by molar-refractivity contribution is -0.125. The topological polar surface area (TPSA) is 149 Å². The van der Waals surface area contributed by atoms with Crippen LogP contribution >= 0.6 is 0 Å². The first kappa shape index (κ1) is 39.5. The zero-order valence-electron chi connectivity index (χ0n) is 28.1. The third-order valence-corrected chi connectivity index (χ3v) is 9.04. The number of ether oxygens (including phenoxy) is 4. The van der Waals surface area contributed by atoms with Crippen molar-refractivity contribution in [3.05, 3.63) is 23.8 Å². The van der Waals surface area contributed by atoms with Gasteiger partial charge >= 0.3 is 6.09 Å². The van der Waals surface area contributed by atoms with E-state index in [0.29, 0.717) is 37.6 Å². The highest BCUT2D eigenvalue weighted by Crippen LogP contribution is 2.32. The van der Waals surface area contributed by atoms with Crippen molar-refractivity contribution in [1.82, 2.24) is 10.6 Å². The minimum absolute atomic E-state index is 0.00436. The Morgan fingerprint density at radius 3 is 2.27 bits per heavy atom. The van der Waals surface area contributed by atoms with Crippen LogP contribution in [-0.4, -0.2) is 88.8 Å². The molecule has 1 rings (SSSR count). The third-order valence-electron chi connectivity index (χ3n) is 7.34. The Labute approximate surface area is 264 Å². The van der Waals surface area contributed by atoms with E-state index in [9.17, 15) is 23.1 Å². The molecular weight excluding hydrogens is 588 g/mol. The van der Waals surface area contributed by atoms with Gasteiger partial charge < -0.3 is 34.7 Å². The Kier molecular flexibility index (Phi) is 17.1. The number of benzene rings is 1. The Morgan fingerprint density at radius 1 is 1.02 bits per heavy atom. The molecule has 3 N–H and O–H groups in total. The molecular formula is C32H56N2O9S. The van der Waals surface area contributed by atoms with E-state index >= 15 is 0 Å². The molecule has 0 aromatic heterocycles. The maximum absolute atomic E-state index is 12.8. The lowest BCUT2D eigenvalue weighted by Gasteiger charge is -2.32. The van der Waals surface area contributed by atoms with E-state index in [1.165, 1.54) is 0 Å². The van der Waals surface area contributed by atoms with Gasteiger partial charge in [0.15, 0.2) is 21.3 Å². The number of methoxy groups -OCH3 is 2. The van der Waals surface area contributed by atoms with Crippen LogP contribution in [0.1, 0.15) is 73.3 Å². The minimum atomic E-state index is -3.21. The number of aliphatic hydroxyl groups is 1. The molecule has 0 unspecified atom stereocenters. The predicted octanol–water partition coefficient (Wildman–Crippen LogP) is 4.15. The molecule has 0 fully saturated rings. The number of carbonyl (C=O) groups excluding carboxylic acids is 2. The molecule has 44 heavy (non-hydrogen) atoms. The second-order valence-corrected chi connectivity index (χ2v) is 15.1. The van der Waals surface area contributed by atoms with Crippen LogP contribution in [0.4, 0.5) is 4.79 Å². The quantitative estimate of drug-likeness (QED) is 0.178. The minimum Gasteiger partial charge on any atom is -0.493 e. The molecule has 0 saturated heterocycles. The van der Waals surface area contributed by atoms with Crippen molar-refractivity contribution < 1.29 is 42.1 Å². The monoisotopic (exact) mass is 644 g/mol. The molecule has 0 aliphatic heterocycles. The summed E-state index contributed by atoms with van der Waals surface area (Å²) in [5, 5.41) is 16.8. The van der Waals surface area contributed by atoms with Gasteiger partial charge in [0, 0.05) is 38.4 Å². The standard InChI is InChI=1S/C32H56N2O9S/c1-10-44(38,39)17-14-33-30(36)23(4)18-27(35)26(34-31(37)43-32(5,6)7)21-25(22(2)3)19-24-12-13-28(41-9)29(20-24)42-16-11-15-40-8/h12-13,20,22-23,25-27,35H,10-11,14-19,21H2,1-9H3,(H,33,36)(H,34,37)/t23-,25+,26+,27+/m1/s1. The van der Waals surface area contributed by atoms with Crippen LogP contribution in [0.2, 0.25) is 0 Å². The molecule has 1 aromatic carbocycles. The molecule has 0 bridgehead atoms. The summed E-state index contributed by atoms with van der Waals surface area (Å²) in [4.78, 5) is 25.5. The van der Waals surface area contributed by atoms with Crippen LogP contribution in [0.5, 0.6) is 11.5 Å². The number of aliphatic hydroxyl groups excluding tert-OH is 1. The fraction of sp³-hybridized carbons (Fsp3) is 0.750. The lowest BCUT2D eigenvalue weighted by atomic mass is 9.82. The molecule has 2 amide bonds. The van der Waals surface area contributed by atoms with E-state index in [1.54, 1.807) is 48.8 Å². The zero-order chi connectivity index (χ0) is 33.5. The number of hydrogen-bond donors (Lipinski definition) is 3. The summed E-state index contributed by atoms with van der Waals surface area (Å²) in [6.45, 7) is 13.8. The number of amides is 2. The van der Waals surface area contributed by atoms with Crippen molar-refractivity contribution in [3.63, 3.8) is 0 Å². The molecule has 0 aliphatic carbocycles. The third kappa shape index (κ3) is 15.4. The smallest absolute Gasteiger partial charge is 0.407 e. The lowest BCUT2D eigenvalue weighted by Crippen LogP contribution is -2.48. The molecule has 4 atom stereocenters.